The van der Waals surface area contributed by atoms with Crippen LogP contribution in [-0.4, -0.2) is 5.78 Å². The highest BCUT2D eigenvalue weighted by Crippen LogP contribution is 2.31. The first-order valence-electron chi connectivity index (χ1n) is 6.34. The van der Waals surface area contributed by atoms with E-state index in [1.54, 1.807) is 12.5 Å². The summed E-state index contributed by atoms with van der Waals surface area (Å²) in [4.78, 5) is 11.4. The maximum absolute atomic E-state index is 11.4. The Morgan fingerprint density at radius 3 is 2.62 bits per heavy atom. The van der Waals surface area contributed by atoms with Crippen molar-refractivity contribution in [3.63, 3.8) is 0 Å². The van der Waals surface area contributed by atoms with Gasteiger partial charge in [-0.2, -0.15) is 0 Å². The van der Waals surface area contributed by atoms with Crippen LogP contribution in [0.4, 0.5) is 0 Å². The van der Waals surface area contributed by atoms with Crippen molar-refractivity contribution in [2.75, 3.05) is 0 Å². The van der Waals surface area contributed by atoms with Crippen LogP contribution in [0, 0.1) is 11.8 Å². The zero-order valence-electron chi connectivity index (χ0n) is 11.0. The minimum Gasteiger partial charge on any atom is -0.300 e. The zero-order valence-corrected chi connectivity index (χ0v) is 11.0. The fourth-order valence-corrected chi connectivity index (χ4v) is 2.50. The van der Waals surface area contributed by atoms with Crippen molar-refractivity contribution in [3.8, 4) is 0 Å². The quantitative estimate of drug-likeness (QED) is 0.646. The van der Waals surface area contributed by atoms with Gasteiger partial charge in [0.05, 0.1) is 0 Å². The molecule has 0 aromatic carbocycles. The fourth-order valence-electron chi connectivity index (χ4n) is 2.50. The molecule has 16 heavy (non-hydrogen) atoms. The Morgan fingerprint density at radius 2 is 2.12 bits per heavy atom. The van der Waals surface area contributed by atoms with E-state index in [4.69, 9.17) is 0 Å². The number of Topliss-reactive ketones (excluding diaryl/α,β-unsaturated/α-hetero) is 1. The molecule has 90 valence electrons. The van der Waals surface area contributed by atoms with Crippen molar-refractivity contribution < 1.29 is 4.79 Å². The van der Waals surface area contributed by atoms with E-state index in [1.165, 1.54) is 12.0 Å². The molecule has 2 atom stereocenters. The van der Waals surface area contributed by atoms with E-state index in [0.29, 0.717) is 11.7 Å². The Morgan fingerprint density at radius 1 is 1.44 bits per heavy atom. The first kappa shape index (κ1) is 13.2. The Kier molecular flexibility index (Phi) is 4.98. The standard InChI is InChI=1S/C15H24O/c1-11(2)6-5-7-14-8-9-15(13(4)16)12(3)10-14/h6,10,12,15H,5,7-9H2,1-4H3. The van der Waals surface area contributed by atoms with Gasteiger partial charge >= 0.3 is 0 Å². The van der Waals surface area contributed by atoms with Crippen molar-refractivity contribution in [1.29, 1.82) is 0 Å². The van der Waals surface area contributed by atoms with E-state index < -0.39 is 0 Å². The second kappa shape index (κ2) is 6.03. The van der Waals surface area contributed by atoms with Gasteiger partial charge in [0.25, 0.3) is 0 Å². The maximum Gasteiger partial charge on any atom is 0.133 e. The third-order valence-electron chi connectivity index (χ3n) is 3.45. The largest absolute Gasteiger partial charge is 0.300 e. The van der Waals surface area contributed by atoms with Crippen LogP contribution in [0.1, 0.15) is 53.4 Å². The summed E-state index contributed by atoms with van der Waals surface area (Å²) in [6.45, 7) is 8.18. The average molecular weight is 220 g/mol. The van der Waals surface area contributed by atoms with Crippen molar-refractivity contribution in [3.05, 3.63) is 23.3 Å². The number of hydrogen-bond donors (Lipinski definition) is 0. The normalized spacial score (nSPS) is 24.9. The van der Waals surface area contributed by atoms with E-state index in [0.717, 1.165) is 19.3 Å². The van der Waals surface area contributed by atoms with Gasteiger partial charge in [-0.25, -0.2) is 0 Å². The molecule has 0 fully saturated rings. The van der Waals surface area contributed by atoms with Crippen molar-refractivity contribution in [2.24, 2.45) is 11.8 Å². The highest BCUT2D eigenvalue weighted by atomic mass is 16.1. The molecule has 0 radical (unpaired) electrons. The van der Waals surface area contributed by atoms with Crippen molar-refractivity contribution >= 4 is 5.78 Å². The molecule has 0 aromatic rings. The van der Waals surface area contributed by atoms with Crippen LogP contribution < -0.4 is 0 Å². The van der Waals surface area contributed by atoms with Crippen LogP contribution in [0.2, 0.25) is 0 Å². The summed E-state index contributed by atoms with van der Waals surface area (Å²) in [6, 6.07) is 0. The van der Waals surface area contributed by atoms with E-state index in [9.17, 15) is 4.79 Å². The molecule has 0 aliphatic heterocycles. The molecule has 0 N–H and O–H groups in total. The van der Waals surface area contributed by atoms with E-state index in [1.807, 2.05) is 0 Å². The first-order valence-corrected chi connectivity index (χ1v) is 6.34. The average Bonchev–Trinajstić information content (AvgIpc) is 2.16. The molecule has 0 amide bonds. The minimum atomic E-state index is 0.271. The Bertz CT molecular complexity index is 305. The molecule has 1 rings (SSSR count). The lowest BCUT2D eigenvalue weighted by Gasteiger charge is -2.25. The summed E-state index contributed by atoms with van der Waals surface area (Å²) in [5.74, 6) is 1.06. The summed E-state index contributed by atoms with van der Waals surface area (Å²) < 4.78 is 0. The van der Waals surface area contributed by atoms with Crippen LogP contribution in [0.25, 0.3) is 0 Å². The molecular formula is C15H24O. The van der Waals surface area contributed by atoms with Gasteiger partial charge < -0.3 is 0 Å². The van der Waals surface area contributed by atoms with E-state index in [2.05, 4.69) is 32.9 Å². The summed E-state index contributed by atoms with van der Waals surface area (Å²) >= 11 is 0. The van der Waals surface area contributed by atoms with Crippen molar-refractivity contribution in [1.82, 2.24) is 0 Å². The van der Waals surface area contributed by atoms with Crippen LogP contribution >= 0.6 is 0 Å². The van der Waals surface area contributed by atoms with Gasteiger partial charge in [0, 0.05) is 5.92 Å². The predicted octanol–water partition coefficient (Wildman–Crippen LogP) is 4.29. The lowest BCUT2D eigenvalue weighted by molar-refractivity contribution is -0.122. The molecule has 0 saturated carbocycles. The number of ketones is 1. The number of carbonyl (C=O) groups excluding carboxylic acids is 1. The third-order valence-corrected chi connectivity index (χ3v) is 3.45. The summed E-state index contributed by atoms with van der Waals surface area (Å²) in [5, 5.41) is 0. The van der Waals surface area contributed by atoms with Gasteiger partial charge in [-0.1, -0.05) is 30.2 Å². The molecule has 2 unspecified atom stereocenters. The molecule has 1 aliphatic rings. The Balaban J connectivity index is 2.49. The predicted molar refractivity (Wildman–Crippen MR) is 69.3 cm³/mol. The highest BCUT2D eigenvalue weighted by Gasteiger charge is 2.24. The SMILES string of the molecule is CC(=O)C1CCC(CCC=C(C)C)=CC1C. The number of carbonyl (C=O) groups is 1. The molecule has 1 nitrogen and oxygen atoms in total. The second-order valence-corrected chi connectivity index (χ2v) is 5.26. The Labute approximate surface area is 99.6 Å². The number of hydrogen-bond acceptors (Lipinski definition) is 1. The van der Waals surface area contributed by atoms with Crippen molar-refractivity contribution in [2.45, 2.75) is 53.4 Å². The van der Waals surface area contributed by atoms with E-state index >= 15 is 0 Å². The lowest BCUT2D eigenvalue weighted by atomic mass is 9.79. The Hall–Kier alpha value is -0.850. The molecular weight excluding hydrogens is 196 g/mol. The number of rotatable bonds is 4. The van der Waals surface area contributed by atoms with Gasteiger partial charge in [0.15, 0.2) is 0 Å². The second-order valence-electron chi connectivity index (χ2n) is 5.26. The molecule has 1 aliphatic carbocycles. The van der Waals surface area contributed by atoms with Crippen LogP contribution in [0.3, 0.4) is 0 Å². The molecule has 0 saturated heterocycles. The van der Waals surface area contributed by atoms with Crippen LogP contribution in [0.15, 0.2) is 23.3 Å². The topological polar surface area (TPSA) is 17.1 Å². The minimum absolute atomic E-state index is 0.271. The molecule has 0 spiro atoms. The summed E-state index contributed by atoms with van der Waals surface area (Å²) in [5.41, 5.74) is 2.94. The van der Waals surface area contributed by atoms with Gasteiger partial charge in [-0.3, -0.25) is 4.79 Å². The maximum atomic E-state index is 11.4. The zero-order chi connectivity index (χ0) is 12.1. The molecule has 0 heterocycles. The molecule has 0 bridgehead atoms. The third kappa shape index (κ3) is 3.96. The van der Waals surface area contributed by atoms with Crippen LogP contribution in [-0.2, 0) is 4.79 Å². The first-order chi connectivity index (χ1) is 7.50. The molecule has 0 aromatic heterocycles. The monoisotopic (exact) mass is 220 g/mol. The van der Waals surface area contributed by atoms with Gasteiger partial charge in [-0.15, -0.1) is 0 Å². The van der Waals surface area contributed by atoms with Gasteiger partial charge in [0.1, 0.15) is 5.78 Å². The van der Waals surface area contributed by atoms with E-state index in [-0.39, 0.29) is 5.92 Å². The molecule has 1 heteroatoms. The smallest absolute Gasteiger partial charge is 0.133 e. The fraction of sp³-hybridized carbons (Fsp3) is 0.667. The summed E-state index contributed by atoms with van der Waals surface area (Å²) in [7, 11) is 0. The van der Waals surface area contributed by atoms with Crippen LogP contribution in [0.5, 0.6) is 0 Å². The summed E-state index contributed by atoms with van der Waals surface area (Å²) in [6.07, 6.45) is 9.10. The van der Waals surface area contributed by atoms with Gasteiger partial charge in [0.2, 0.25) is 0 Å². The van der Waals surface area contributed by atoms with Gasteiger partial charge in [-0.05, 0) is 52.4 Å². The lowest BCUT2D eigenvalue weighted by Crippen LogP contribution is -2.21. The highest BCUT2D eigenvalue weighted by molar-refractivity contribution is 5.79. The number of allylic oxidation sites excluding steroid dienone is 4.